The van der Waals surface area contributed by atoms with Gasteiger partial charge in [-0.05, 0) is 24.4 Å². The van der Waals surface area contributed by atoms with Crippen molar-refractivity contribution >= 4 is 34.3 Å². The van der Waals surface area contributed by atoms with E-state index in [-0.39, 0.29) is 18.7 Å². The SMILES string of the molecule is O=C(OCC1CSC(=S)O1)c1ccccc1. The van der Waals surface area contributed by atoms with Crippen molar-refractivity contribution in [2.75, 3.05) is 12.4 Å². The normalized spacial score (nSPS) is 19.2. The number of carbonyl (C=O) groups is 1. The van der Waals surface area contributed by atoms with Crippen molar-refractivity contribution in [2.45, 2.75) is 6.10 Å². The van der Waals surface area contributed by atoms with E-state index in [1.807, 2.05) is 6.07 Å². The molecule has 0 radical (unpaired) electrons. The molecule has 1 unspecified atom stereocenters. The smallest absolute Gasteiger partial charge is 0.338 e. The topological polar surface area (TPSA) is 35.5 Å². The zero-order chi connectivity index (χ0) is 11.4. The van der Waals surface area contributed by atoms with Crippen LogP contribution < -0.4 is 0 Å². The highest BCUT2D eigenvalue weighted by Crippen LogP contribution is 2.20. The molecule has 0 spiro atoms. The largest absolute Gasteiger partial charge is 0.471 e. The third kappa shape index (κ3) is 2.96. The zero-order valence-electron chi connectivity index (χ0n) is 8.42. The number of hydrogen-bond donors (Lipinski definition) is 0. The first kappa shape index (κ1) is 11.4. The predicted molar refractivity (Wildman–Crippen MR) is 66.7 cm³/mol. The van der Waals surface area contributed by atoms with E-state index in [0.29, 0.717) is 9.95 Å². The van der Waals surface area contributed by atoms with Gasteiger partial charge in [0.1, 0.15) is 12.7 Å². The molecule has 1 saturated heterocycles. The number of esters is 1. The molecule has 1 aliphatic heterocycles. The first-order valence-corrected chi connectivity index (χ1v) is 6.20. The van der Waals surface area contributed by atoms with Crippen LogP contribution in [0, 0.1) is 0 Å². The van der Waals surface area contributed by atoms with Crippen LogP contribution in [0.25, 0.3) is 0 Å². The Morgan fingerprint density at radius 3 is 2.88 bits per heavy atom. The number of thioether (sulfide) groups is 1. The minimum atomic E-state index is -0.327. The highest BCUT2D eigenvalue weighted by molar-refractivity contribution is 8.22. The average molecular weight is 254 g/mol. The molecule has 5 heteroatoms. The van der Waals surface area contributed by atoms with Crippen LogP contribution in [-0.4, -0.2) is 28.8 Å². The van der Waals surface area contributed by atoms with E-state index in [2.05, 4.69) is 0 Å². The molecule has 1 heterocycles. The van der Waals surface area contributed by atoms with Crippen molar-refractivity contribution in [2.24, 2.45) is 0 Å². The summed E-state index contributed by atoms with van der Waals surface area (Å²) in [5, 5.41) is 0. The Morgan fingerprint density at radius 1 is 1.50 bits per heavy atom. The molecule has 0 aliphatic carbocycles. The number of ether oxygens (including phenoxy) is 2. The summed E-state index contributed by atoms with van der Waals surface area (Å²) in [4.78, 5) is 11.6. The van der Waals surface area contributed by atoms with E-state index in [9.17, 15) is 4.79 Å². The molecule has 0 aromatic heterocycles. The van der Waals surface area contributed by atoms with E-state index < -0.39 is 0 Å². The summed E-state index contributed by atoms with van der Waals surface area (Å²) in [7, 11) is 0. The van der Waals surface area contributed by atoms with Gasteiger partial charge in [-0.3, -0.25) is 0 Å². The van der Waals surface area contributed by atoms with E-state index in [1.54, 1.807) is 24.3 Å². The molecule has 0 amide bonds. The molecule has 1 atom stereocenters. The second-order valence-corrected chi connectivity index (χ2v) is 4.89. The van der Waals surface area contributed by atoms with Crippen LogP contribution in [0.4, 0.5) is 0 Å². The minimum absolute atomic E-state index is 0.106. The third-order valence-electron chi connectivity index (χ3n) is 2.06. The maximum absolute atomic E-state index is 11.6. The second kappa shape index (κ2) is 5.32. The number of rotatable bonds is 3. The summed E-state index contributed by atoms with van der Waals surface area (Å²) in [6.07, 6.45) is -0.106. The number of thiocarbonyl (C=S) groups is 1. The molecule has 1 fully saturated rings. The van der Waals surface area contributed by atoms with Gasteiger partial charge >= 0.3 is 5.97 Å². The number of hydrogen-bond acceptors (Lipinski definition) is 5. The van der Waals surface area contributed by atoms with Gasteiger partial charge in [0, 0.05) is 5.75 Å². The Morgan fingerprint density at radius 2 is 2.25 bits per heavy atom. The maximum atomic E-state index is 11.6. The zero-order valence-corrected chi connectivity index (χ0v) is 10.1. The maximum Gasteiger partial charge on any atom is 0.338 e. The first-order valence-electron chi connectivity index (χ1n) is 4.81. The number of carbonyl (C=O) groups excluding carboxylic acids is 1. The quantitative estimate of drug-likeness (QED) is 0.610. The van der Waals surface area contributed by atoms with Gasteiger partial charge < -0.3 is 9.47 Å². The third-order valence-corrected chi connectivity index (χ3v) is 3.38. The summed E-state index contributed by atoms with van der Waals surface area (Å²) in [6.45, 7) is 0.251. The highest BCUT2D eigenvalue weighted by Gasteiger charge is 2.22. The molecule has 3 nitrogen and oxygen atoms in total. The molecule has 1 aliphatic rings. The lowest BCUT2D eigenvalue weighted by Crippen LogP contribution is -2.20. The van der Waals surface area contributed by atoms with Gasteiger partial charge in [-0.1, -0.05) is 30.0 Å². The average Bonchev–Trinajstić information content (AvgIpc) is 2.73. The molecule has 84 valence electrons. The standard InChI is InChI=1S/C11H10O3S2/c12-10(8-4-2-1-3-5-8)13-6-9-7-16-11(15)14-9/h1-5,9H,6-7H2. The van der Waals surface area contributed by atoms with Crippen LogP contribution in [0.3, 0.4) is 0 Å². The van der Waals surface area contributed by atoms with Crippen LogP contribution >= 0.6 is 24.0 Å². The van der Waals surface area contributed by atoms with E-state index >= 15 is 0 Å². The highest BCUT2D eigenvalue weighted by atomic mass is 32.2. The molecule has 0 N–H and O–H groups in total. The molecular formula is C11H10O3S2. The van der Waals surface area contributed by atoms with Crippen LogP contribution in [0.1, 0.15) is 10.4 Å². The summed E-state index contributed by atoms with van der Waals surface area (Å²) < 4.78 is 10.9. The van der Waals surface area contributed by atoms with Crippen LogP contribution in [-0.2, 0) is 9.47 Å². The minimum Gasteiger partial charge on any atom is -0.471 e. The van der Waals surface area contributed by atoms with Crippen molar-refractivity contribution in [3.63, 3.8) is 0 Å². The Labute approximate surface area is 103 Å². The Hall–Kier alpha value is -1.07. The van der Waals surface area contributed by atoms with Gasteiger partial charge in [0.2, 0.25) is 4.38 Å². The summed E-state index contributed by atoms with van der Waals surface area (Å²) >= 11 is 6.34. The van der Waals surface area contributed by atoms with Gasteiger partial charge in [-0.15, -0.1) is 0 Å². The Kier molecular flexibility index (Phi) is 3.79. The van der Waals surface area contributed by atoms with Crippen LogP contribution in [0.15, 0.2) is 30.3 Å². The van der Waals surface area contributed by atoms with Crippen LogP contribution in [0.2, 0.25) is 0 Å². The van der Waals surface area contributed by atoms with Gasteiger partial charge in [0.15, 0.2) is 0 Å². The van der Waals surface area contributed by atoms with Gasteiger partial charge in [-0.2, -0.15) is 0 Å². The van der Waals surface area contributed by atoms with Crippen molar-refractivity contribution in [1.29, 1.82) is 0 Å². The Balaban J connectivity index is 1.82. The van der Waals surface area contributed by atoms with Crippen molar-refractivity contribution in [3.05, 3.63) is 35.9 Å². The van der Waals surface area contributed by atoms with E-state index in [1.165, 1.54) is 11.8 Å². The second-order valence-electron chi connectivity index (χ2n) is 3.27. The fraction of sp³-hybridized carbons (Fsp3) is 0.273. The van der Waals surface area contributed by atoms with E-state index in [4.69, 9.17) is 21.7 Å². The van der Waals surface area contributed by atoms with Gasteiger partial charge in [0.05, 0.1) is 5.56 Å². The first-order chi connectivity index (χ1) is 7.75. The molecular weight excluding hydrogens is 244 g/mol. The lowest BCUT2D eigenvalue weighted by Gasteiger charge is -2.09. The molecule has 0 bridgehead atoms. The molecule has 1 aromatic carbocycles. The van der Waals surface area contributed by atoms with Crippen molar-refractivity contribution in [1.82, 2.24) is 0 Å². The predicted octanol–water partition coefficient (Wildman–Crippen LogP) is 2.26. The summed E-state index contributed by atoms with van der Waals surface area (Å²) in [6, 6.07) is 8.89. The summed E-state index contributed by atoms with van der Waals surface area (Å²) in [5.41, 5.74) is 0.552. The van der Waals surface area contributed by atoms with Gasteiger partial charge in [0.25, 0.3) is 0 Å². The molecule has 2 rings (SSSR count). The van der Waals surface area contributed by atoms with Crippen molar-refractivity contribution < 1.29 is 14.3 Å². The molecule has 1 aromatic rings. The van der Waals surface area contributed by atoms with Crippen LogP contribution in [0.5, 0.6) is 0 Å². The Bertz CT molecular complexity index is 391. The lowest BCUT2D eigenvalue weighted by molar-refractivity contribution is 0.0352. The van der Waals surface area contributed by atoms with E-state index in [0.717, 1.165) is 5.75 Å². The van der Waals surface area contributed by atoms with Crippen molar-refractivity contribution in [3.8, 4) is 0 Å². The number of benzene rings is 1. The lowest BCUT2D eigenvalue weighted by atomic mass is 10.2. The fourth-order valence-corrected chi connectivity index (χ4v) is 2.30. The molecule has 0 saturated carbocycles. The fourth-order valence-electron chi connectivity index (χ4n) is 1.27. The summed E-state index contributed by atoms with van der Waals surface area (Å²) in [5.74, 6) is 0.424. The molecule has 16 heavy (non-hydrogen) atoms. The monoisotopic (exact) mass is 254 g/mol. The van der Waals surface area contributed by atoms with Gasteiger partial charge in [-0.25, -0.2) is 4.79 Å².